The molecule has 1 saturated heterocycles. The standard InChI is InChI=1S/C18H22N8O/c19-12-15(17-22-24-25-23-17)13-21-16-6-4-14(5-7-16)18(27)20-8-11-26-9-2-1-3-10-26/h4-7,13,21H,1-3,8-11H2,(H,20,27)(H,22,23,24,25). The van der Waals surface area contributed by atoms with Crippen LogP contribution >= 0.6 is 0 Å². The minimum Gasteiger partial charge on any atom is -0.360 e. The highest BCUT2D eigenvalue weighted by Crippen LogP contribution is 2.12. The molecule has 1 aliphatic heterocycles. The molecule has 1 aromatic carbocycles. The first-order valence-electron chi connectivity index (χ1n) is 8.97. The predicted molar refractivity (Wildman–Crippen MR) is 100 cm³/mol. The van der Waals surface area contributed by atoms with Crippen molar-refractivity contribution in [3.05, 3.63) is 41.9 Å². The summed E-state index contributed by atoms with van der Waals surface area (Å²) in [5, 5.41) is 28.3. The van der Waals surface area contributed by atoms with Gasteiger partial charge in [-0.3, -0.25) is 4.79 Å². The first-order chi connectivity index (χ1) is 13.3. The van der Waals surface area contributed by atoms with Gasteiger partial charge >= 0.3 is 0 Å². The van der Waals surface area contributed by atoms with Gasteiger partial charge in [0.15, 0.2) is 0 Å². The quantitative estimate of drug-likeness (QED) is 0.633. The van der Waals surface area contributed by atoms with E-state index in [0.717, 1.165) is 25.3 Å². The van der Waals surface area contributed by atoms with E-state index in [4.69, 9.17) is 5.26 Å². The molecular formula is C18H22N8O. The second-order valence-corrected chi connectivity index (χ2v) is 6.29. The zero-order valence-electron chi connectivity index (χ0n) is 15.0. The Morgan fingerprint density at radius 1 is 1.26 bits per heavy atom. The van der Waals surface area contributed by atoms with E-state index in [1.54, 1.807) is 24.3 Å². The monoisotopic (exact) mass is 366 g/mol. The minimum atomic E-state index is -0.0846. The van der Waals surface area contributed by atoms with Gasteiger partial charge in [0.05, 0.1) is 0 Å². The molecule has 27 heavy (non-hydrogen) atoms. The Bertz CT molecular complexity index is 801. The first-order valence-corrected chi connectivity index (χ1v) is 8.97. The number of nitrogens with one attached hydrogen (secondary N) is 3. The number of amides is 1. The number of nitrogens with zero attached hydrogens (tertiary/aromatic N) is 5. The number of aromatic amines is 1. The molecule has 1 aliphatic rings. The lowest BCUT2D eigenvalue weighted by molar-refractivity contribution is 0.0946. The summed E-state index contributed by atoms with van der Waals surface area (Å²) in [6, 6.07) is 9.04. The summed E-state index contributed by atoms with van der Waals surface area (Å²) in [6.45, 7) is 3.79. The van der Waals surface area contributed by atoms with Crippen LogP contribution in [0.3, 0.4) is 0 Å². The molecule has 140 valence electrons. The van der Waals surface area contributed by atoms with Crippen molar-refractivity contribution in [3.8, 4) is 6.07 Å². The summed E-state index contributed by atoms with van der Waals surface area (Å²) in [7, 11) is 0. The van der Waals surface area contributed by atoms with Crippen LogP contribution in [0, 0.1) is 11.3 Å². The Morgan fingerprint density at radius 3 is 2.70 bits per heavy atom. The normalized spacial score (nSPS) is 15.1. The van der Waals surface area contributed by atoms with Crippen molar-refractivity contribution in [3.63, 3.8) is 0 Å². The third kappa shape index (κ3) is 5.36. The van der Waals surface area contributed by atoms with Crippen molar-refractivity contribution >= 4 is 17.2 Å². The van der Waals surface area contributed by atoms with E-state index in [1.807, 2.05) is 6.07 Å². The Morgan fingerprint density at radius 2 is 2.04 bits per heavy atom. The number of benzene rings is 1. The van der Waals surface area contributed by atoms with E-state index in [9.17, 15) is 4.79 Å². The number of rotatable bonds is 7. The molecule has 1 amide bonds. The number of tetrazole rings is 1. The van der Waals surface area contributed by atoms with E-state index >= 15 is 0 Å². The van der Waals surface area contributed by atoms with Crippen LogP contribution in [-0.2, 0) is 0 Å². The van der Waals surface area contributed by atoms with Gasteiger partial charge in [-0.2, -0.15) is 10.5 Å². The molecule has 2 heterocycles. The third-order valence-electron chi connectivity index (χ3n) is 4.40. The smallest absolute Gasteiger partial charge is 0.251 e. The second-order valence-electron chi connectivity index (χ2n) is 6.29. The predicted octanol–water partition coefficient (Wildman–Crippen LogP) is 1.39. The molecule has 0 bridgehead atoms. The SMILES string of the molecule is N#CC(=CNc1ccc(C(=O)NCCN2CCCCC2)cc1)c1nn[nH]n1. The first kappa shape index (κ1) is 18.5. The number of aromatic nitrogens is 4. The zero-order valence-corrected chi connectivity index (χ0v) is 15.0. The number of likely N-dealkylation sites (tertiary alicyclic amines) is 1. The van der Waals surface area contributed by atoms with E-state index in [-0.39, 0.29) is 17.3 Å². The van der Waals surface area contributed by atoms with Gasteiger partial charge in [0, 0.05) is 30.5 Å². The number of hydrogen-bond acceptors (Lipinski definition) is 7. The van der Waals surface area contributed by atoms with Crippen LogP contribution in [0.2, 0.25) is 0 Å². The van der Waals surface area contributed by atoms with Crippen molar-refractivity contribution in [2.24, 2.45) is 0 Å². The van der Waals surface area contributed by atoms with Crippen LogP contribution in [-0.4, -0.2) is 57.6 Å². The Balaban J connectivity index is 1.49. The maximum absolute atomic E-state index is 12.2. The summed E-state index contributed by atoms with van der Waals surface area (Å²) in [4.78, 5) is 14.6. The fourth-order valence-electron chi connectivity index (χ4n) is 2.91. The van der Waals surface area contributed by atoms with Gasteiger partial charge in [0.2, 0.25) is 5.82 Å². The summed E-state index contributed by atoms with van der Waals surface area (Å²) in [5.74, 6) is 0.133. The fraction of sp³-hybridized carbons (Fsp3) is 0.389. The van der Waals surface area contributed by atoms with Gasteiger partial charge in [0.1, 0.15) is 11.6 Å². The van der Waals surface area contributed by atoms with Crippen molar-refractivity contribution in [1.82, 2.24) is 30.8 Å². The number of hydrogen-bond donors (Lipinski definition) is 3. The number of anilines is 1. The molecule has 0 aliphatic carbocycles. The molecule has 3 N–H and O–H groups in total. The molecule has 2 aromatic rings. The Kier molecular flexibility index (Phi) is 6.49. The number of piperidine rings is 1. The molecule has 0 saturated carbocycles. The van der Waals surface area contributed by atoms with E-state index < -0.39 is 0 Å². The molecule has 0 spiro atoms. The number of allylic oxidation sites excluding steroid dienone is 1. The number of carbonyl (C=O) groups excluding carboxylic acids is 1. The maximum atomic E-state index is 12.2. The fourth-order valence-corrected chi connectivity index (χ4v) is 2.91. The van der Waals surface area contributed by atoms with Gasteiger partial charge in [0.25, 0.3) is 5.91 Å². The summed E-state index contributed by atoms with van der Waals surface area (Å²) in [5.41, 5.74) is 1.60. The lowest BCUT2D eigenvalue weighted by atomic mass is 10.1. The van der Waals surface area contributed by atoms with Crippen LogP contribution < -0.4 is 10.6 Å². The largest absolute Gasteiger partial charge is 0.360 e. The summed E-state index contributed by atoms with van der Waals surface area (Å²) >= 11 is 0. The highest BCUT2D eigenvalue weighted by Gasteiger charge is 2.11. The van der Waals surface area contributed by atoms with Crippen molar-refractivity contribution in [2.75, 3.05) is 31.5 Å². The molecule has 9 nitrogen and oxygen atoms in total. The number of nitriles is 1. The molecule has 3 rings (SSSR count). The average Bonchev–Trinajstić information content (AvgIpc) is 3.24. The highest BCUT2D eigenvalue weighted by molar-refractivity contribution is 5.94. The molecule has 1 fully saturated rings. The third-order valence-corrected chi connectivity index (χ3v) is 4.40. The summed E-state index contributed by atoms with van der Waals surface area (Å²) in [6.07, 6.45) is 5.30. The maximum Gasteiger partial charge on any atom is 0.251 e. The lowest BCUT2D eigenvalue weighted by Gasteiger charge is -2.26. The van der Waals surface area contributed by atoms with Crippen molar-refractivity contribution in [1.29, 1.82) is 5.26 Å². The summed E-state index contributed by atoms with van der Waals surface area (Å²) < 4.78 is 0. The lowest BCUT2D eigenvalue weighted by Crippen LogP contribution is -2.37. The topological polar surface area (TPSA) is 123 Å². The minimum absolute atomic E-state index is 0.0846. The van der Waals surface area contributed by atoms with Crippen molar-refractivity contribution in [2.45, 2.75) is 19.3 Å². The molecule has 1 aromatic heterocycles. The second kappa shape index (κ2) is 9.45. The van der Waals surface area contributed by atoms with E-state index in [1.165, 1.54) is 25.5 Å². The van der Waals surface area contributed by atoms with Crippen LogP contribution in [0.5, 0.6) is 0 Å². The molecule has 0 atom stereocenters. The number of carbonyl (C=O) groups is 1. The van der Waals surface area contributed by atoms with Crippen LogP contribution in [0.4, 0.5) is 5.69 Å². The average molecular weight is 366 g/mol. The highest BCUT2D eigenvalue weighted by atomic mass is 16.1. The zero-order chi connectivity index (χ0) is 18.9. The van der Waals surface area contributed by atoms with Gasteiger partial charge in [-0.05, 0) is 55.4 Å². The molecule has 0 radical (unpaired) electrons. The van der Waals surface area contributed by atoms with Crippen LogP contribution in [0.15, 0.2) is 30.5 Å². The van der Waals surface area contributed by atoms with Gasteiger partial charge in [-0.1, -0.05) is 6.42 Å². The van der Waals surface area contributed by atoms with Gasteiger partial charge in [-0.25, -0.2) is 0 Å². The van der Waals surface area contributed by atoms with Gasteiger partial charge in [-0.15, -0.1) is 10.2 Å². The van der Waals surface area contributed by atoms with Gasteiger partial charge < -0.3 is 15.5 Å². The van der Waals surface area contributed by atoms with Crippen molar-refractivity contribution < 1.29 is 4.79 Å². The molecule has 0 unspecified atom stereocenters. The molecular weight excluding hydrogens is 344 g/mol. The van der Waals surface area contributed by atoms with Crippen LogP contribution in [0.1, 0.15) is 35.4 Å². The van der Waals surface area contributed by atoms with E-state index in [0.29, 0.717) is 12.1 Å². The Hall–Kier alpha value is -3.25. The van der Waals surface area contributed by atoms with E-state index in [2.05, 4.69) is 36.2 Å². The van der Waals surface area contributed by atoms with Crippen LogP contribution in [0.25, 0.3) is 5.57 Å². The Labute approximate surface area is 157 Å². The molecule has 9 heteroatoms. The number of H-pyrrole nitrogens is 1.